The Kier molecular flexibility index (Phi) is 7.02. The molecule has 1 aromatic carbocycles. The van der Waals surface area contributed by atoms with Gasteiger partial charge in [-0.1, -0.05) is 0 Å². The maximum Gasteiger partial charge on any atom is 0.321 e. The quantitative estimate of drug-likeness (QED) is 0.634. The van der Waals surface area contributed by atoms with Crippen LogP contribution in [0.4, 0.5) is 5.69 Å². The summed E-state index contributed by atoms with van der Waals surface area (Å²) in [4.78, 5) is 23.4. The number of carboxylic acids is 1. The van der Waals surface area contributed by atoms with Gasteiger partial charge >= 0.3 is 5.97 Å². The van der Waals surface area contributed by atoms with E-state index >= 15 is 0 Å². The van der Waals surface area contributed by atoms with Gasteiger partial charge in [-0.15, -0.1) is 0 Å². The molecule has 1 saturated heterocycles. The summed E-state index contributed by atoms with van der Waals surface area (Å²) in [6, 6.07) is 6.01. The van der Waals surface area contributed by atoms with Crippen LogP contribution in [-0.4, -0.2) is 48.9 Å². The van der Waals surface area contributed by atoms with Gasteiger partial charge in [0.05, 0.1) is 19.1 Å². The Labute approximate surface area is 141 Å². The fourth-order valence-corrected chi connectivity index (χ4v) is 2.52. The normalized spacial score (nSPS) is 18.1. The second-order valence-corrected chi connectivity index (χ2v) is 5.64. The molecule has 0 unspecified atom stereocenters. The van der Waals surface area contributed by atoms with Gasteiger partial charge in [-0.05, 0) is 44.0 Å². The smallest absolute Gasteiger partial charge is 0.321 e. The number of hydrogen-bond donors (Lipinski definition) is 3. The first kappa shape index (κ1) is 18.2. The largest absolute Gasteiger partial charge is 0.494 e. The standard InChI is InChI=1S/C17H24N2O5/c1-2-23-13-7-5-12(6-8-13)19-16(20)10-15(17(21)22)18-11-14-4-3-9-24-14/h5-8,14-15,18H,2-4,9-11H2,1H3,(H,19,20)(H,21,22)/t14-,15-/m1/s1. The third-order valence-corrected chi connectivity index (χ3v) is 3.75. The van der Waals surface area contributed by atoms with Crippen molar-refractivity contribution >= 4 is 17.6 Å². The number of carbonyl (C=O) groups excluding carboxylic acids is 1. The summed E-state index contributed by atoms with van der Waals surface area (Å²) in [7, 11) is 0. The van der Waals surface area contributed by atoms with E-state index in [2.05, 4.69) is 10.6 Å². The molecule has 7 nitrogen and oxygen atoms in total. The lowest BCUT2D eigenvalue weighted by Gasteiger charge is -2.17. The molecule has 0 bridgehead atoms. The molecular formula is C17H24N2O5. The molecule has 7 heteroatoms. The second-order valence-electron chi connectivity index (χ2n) is 5.64. The van der Waals surface area contributed by atoms with Gasteiger partial charge in [0.15, 0.2) is 0 Å². The number of carbonyl (C=O) groups is 2. The van der Waals surface area contributed by atoms with E-state index in [1.54, 1.807) is 24.3 Å². The van der Waals surface area contributed by atoms with Crippen molar-refractivity contribution in [3.8, 4) is 5.75 Å². The average Bonchev–Trinajstić information content (AvgIpc) is 3.06. The van der Waals surface area contributed by atoms with Gasteiger partial charge in [0, 0.05) is 18.8 Å². The molecule has 0 radical (unpaired) electrons. The van der Waals surface area contributed by atoms with E-state index in [0.717, 1.165) is 18.6 Å². The van der Waals surface area contributed by atoms with Crippen LogP contribution in [0, 0.1) is 0 Å². The Bertz CT molecular complexity index is 540. The Morgan fingerprint density at radius 2 is 2.12 bits per heavy atom. The number of ether oxygens (including phenoxy) is 2. The number of nitrogens with one attached hydrogen (secondary N) is 2. The zero-order valence-electron chi connectivity index (χ0n) is 13.8. The number of aliphatic carboxylic acids is 1. The van der Waals surface area contributed by atoms with Crippen molar-refractivity contribution < 1.29 is 24.2 Å². The first-order valence-electron chi connectivity index (χ1n) is 8.19. The van der Waals surface area contributed by atoms with Crippen LogP contribution in [0.15, 0.2) is 24.3 Å². The molecule has 1 aliphatic heterocycles. The third kappa shape index (κ3) is 5.82. The van der Waals surface area contributed by atoms with Crippen LogP contribution in [-0.2, 0) is 14.3 Å². The molecule has 0 aromatic heterocycles. The van der Waals surface area contributed by atoms with E-state index in [1.807, 2.05) is 6.92 Å². The van der Waals surface area contributed by atoms with E-state index in [1.165, 1.54) is 0 Å². The van der Waals surface area contributed by atoms with E-state index in [4.69, 9.17) is 9.47 Å². The summed E-state index contributed by atoms with van der Waals surface area (Å²) < 4.78 is 10.8. The van der Waals surface area contributed by atoms with Crippen molar-refractivity contribution in [2.45, 2.75) is 38.3 Å². The molecule has 1 fully saturated rings. The SMILES string of the molecule is CCOc1ccc(NC(=O)C[C@@H](NC[C@H]2CCCO2)C(=O)O)cc1. The third-order valence-electron chi connectivity index (χ3n) is 3.75. The molecule has 3 N–H and O–H groups in total. The number of amides is 1. The Morgan fingerprint density at radius 3 is 2.71 bits per heavy atom. The topological polar surface area (TPSA) is 96.9 Å². The number of hydrogen-bond acceptors (Lipinski definition) is 5. The molecule has 1 aromatic rings. The maximum absolute atomic E-state index is 12.1. The summed E-state index contributed by atoms with van der Waals surface area (Å²) >= 11 is 0. The van der Waals surface area contributed by atoms with E-state index in [9.17, 15) is 14.7 Å². The first-order valence-corrected chi connectivity index (χ1v) is 8.19. The van der Waals surface area contributed by atoms with Crippen molar-refractivity contribution in [2.75, 3.05) is 25.1 Å². The van der Waals surface area contributed by atoms with Crippen LogP contribution in [0.3, 0.4) is 0 Å². The summed E-state index contributed by atoms with van der Waals surface area (Å²) in [6.07, 6.45) is 1.79. The minimum Gasteiger partial charge on any atom is -0.494 e. The van der Waals surface area contributed by atoms with Crippen molar-refractivity contribution in [3.05, 3.63) is 24.3 Å². The Balaban J connectivity index is 1.81. The molecule has 1 heterocycles. The Morgan fingerprint density at radius 1 is 1.38 bits per heavy atom. The number of anilines is 1. The monoisotopic (exact) mass is 336 g/mol. The molecule has 0 aliphatic carbocycles. The molecule has 2 rings (SSSR count). The van der Waals surface area contributed by atoms with E-state index < -0.39 is 12.0 Å². The van der Waals surface area contributed by atoms with Crippen LogP contribution in [0.2, 0.25) is 0 Å². The highest BCUT2D eigenvalue weighted by atomic mass is 16.5. The zero-order valence-corrected chi connectivity index (χ0v) is 13.8. The first-order chi connectivity index (χ1) is 11.6. The van der Waals surface area contributed by atoms with Gasteiger partial charge < -0.3 is 25.2 Å². The molecule has 24 heavy (non-hydrogen) atoms. The number of benzene rings is 1. The minimum atomic E-state index is -1.05. The van der Waals surface area contributed by atoms with E-state index in [0.29, 0.717) is 25.4 Å². The average molecular weight is 336 g/mol. The summed E-state index contributed by atoms with van der Waals surface area (Å²) in [6.45, 7) is 3.61. The number of rotatable bonds is 9. The fourth-order valence-electron chi connectivity index (χ4n) is 2.52. The highest BCUT2D eigenvalue weighted by Gasteiger charge is 2.23. The predicted octanol–water partition coefficient (Wildman–Crippen LogP) is 1.64. The Hall–Kier alpha value is -2.12. The van der Waals surface area contributed by atoms with Crippen LogP contribution in [0.1, 0.15) is 26.2 Å². The van der Waals surface area contributed by atoms with Gasteiger partial charge in [0.1, 0.15) is 11.8 Å². The van der Waals surface area contributed by atoms with Crippen molar-refractivity contribution in [1.82, 2.24) is 5.32 Å². The van der Waals surface area contributed by atoms with Gasteiger partial charge in [-0.3, -0.25) is 9.59 Å². The molecular weight excluding hydrogens is 312 g/mol. The summed E-state index contributed by atoms with van der Waals surface area (Å²) in [5.41, 5.74) is 0.603. The van der Waals surface area contributed by atoms with Gasteiger partial charge in [-0.2, -0.15) is 0 Å². The zero-order chi connectivity index (χ0) is 17.4. The van der Waals surface area contributed by atoms with Gasteiger partial charge in [0.25, 0.3) is 0 Å². The summed E-state index contributed by atoms with van der Waals surface area (Å²) in [5.74, 6) is -0.682. The second kappa shape index (κ2) is 9.24. The number of carboxylic acid groups (broad SMARTS) is 1. The lowest BCUT2D eigenvalue weighted by Crippen LogP contribution is -2.43. The van der Waals surface area contributed by atoms with Crippen molar-refractivity contribution in [1.29, 1.82) is 0 Å². The van der Waals surface area contributed by atoms with Crippen molar-refractivity contribution in [3.63, 3.8) is 0 Å². The van der Waals surface area contributed by atoms with Crippen LogP contribution in [0.5, 0.6) is 5.75 Å². The highest BCUT2D eigenvalue weighted by molar-refractivity contribution is 5.94. The molecule has 132 valence electrons. The summed E-state index contributed by atoms with van der Waals surface area (Å²) in [5, 5.41) is 14.9. The predicted molar refractivity (Wildman–Crippen MR) is 89.3 cm³/mol. The molecule has 0 saturated carbocycles. The van der Waals surface area contributed by atoms with Crippen molar-refractivity contribution in [2.24, 2.45) is 0 Å². The molecule has 1 aliphatic rings. The van der Waals surface area contributed by atoms with Gasteiger partial charge in [-0.25, -0.2) is 0 Å². The molecule has 2 atom stereocenters. The van der Waals surface area contributed by atoms with Gasteiger partial charge in [0.2, 0.25) is 5.91 Å². The highest BCUT2D eigenvalue weighted by Crippen LogP contribution is 2.16. The van der Waals surface area contributed by atoms with Crippen LogP contribution in [0.25, 0.3) is 0 Å². The minimum absolute atomic E-state index is 0.0287. The van der Waals surface area contributed by atoms with Crippen LogP contribution >= 0.6 is 0 Å². The molecule has 1 amide bonds. The van der Waals surface area contributed by atoms with E-state index in [-0.39, 0.29) is 18.4 Å². The lowest BCUT2D eigenvalue weighted by molar-refractivity contribution is -0.141. The molecule has 0 spiro atoms. The lowest BCUT2D eigenvalue weighted by atomic mass is 10.1. The van der Waals surface area contributed by atoms with Crippen LogP contribution < -0.4 is 15.4 Å². The fraction of sp³-hybridized carbons (Fsp3) is 0.529. The maximum atomic E-state index is 12.1.